The maximum Gasteiger partial charge on any atom is 0.452 e. The van der Waals surface area contributed by atoms with Gasteiger partial charge in [-0.05, 0) is 5.92 Å². The number of anilines is 1. The van der Waals surface area contributed by atoms with Crippen LogP contribution in [0, 0.1) is 5.92 Å². The van der Waals surface area contributed by atoms with E-state index in [0.717, 1.165) is 11.5 Å². The second-order valence-corrected chi connectivity index (χ2v) is 3.95. The van der Waals surface area contributed by atoms with Crippen LogP contribution in [0.2, 0.25) is 0 Å². The fraction of sp³-hybridized carbons (Fsp3) is 0.714. The second-order valence-electron chi connectivity index (χ2n) is 3.20. The summed E-state index contributed by atoms with van der Waals surface area (Å²) in [5.41, 5.74) is 0. The van der Waals surface area contributed by atoms with Crippen LogP contribution in [0.4, 0.5) is 18.3 Å². The summed E-state index contributed by atoms with van der Waals surface area (Å²) in [6.45, 7) is 4.50. The molecule has 0 spiro atoms. The van der Waals surface area contributed by atoms with Crippen molar-refractivity contribution >= 4 is 16.7 Å². The van der Waals surface area contributed by atoms with Crippen LogP contribution in [0.1, 0.15) is 19.7 Å². The molecule has 0 saturated carbocycles. The Kier molecular flexibility index (Phi) is 3.30. The highest BCUT2D eigenvalue weighted by atomic mass is 32.1. The molecule has 0 aliphatic carbocycles. The van der Waals surface area contributed by atoms with Crippen molar-refractivity contribution in [1.82, 2.24) is 9.36 Å². The maximum absolute atomic E-state index is 12.1. The van der Waals surface area contributed by atoms with Crippen LogP contribution < -0.4 is 5.32 Å². The van der Waals surface area contributed by atoms with Gasteiger partial charge in [0.05, 0.1) is 0 Å². The molecule has 0 saturated heterocycles. The van der Waals surface area contributed by atoms with E-state index in [0.29, 0.717) is 12.5 Å². The molecule has 1 rings (SSSR count). The van der Waals surface area contributed by atoms with Crippen molar-refractivity contribution in [3.63, 3.8) is 0 Å². The maximum atomic E-state index is 12.1. The Morgan fingerprint density at radius 3 is 2.50 bits per heavy atom. The average Bonchev–Trinajstić information content (AvgIpc) is 2.47. The van der Waals surface area contributed by atoms with Crippen molar-refractivity contribution in [3.8, 4) is 0 Å². The van der Waals surface area contributed by atoms with Crippen LogP contribution in [-0.2, 0) is 6.18 Å². The van der Waals surface area contributed by atoms with Crippen LogP contribution in [0.5, 0.6) is 0 Å². The Balaban J connectivity index is 2.60. The molecule has 7 heteroatoms. The number of halogens is 3. The second kappa shape index (κ2) is 4.12. The van der Waals surface area contributed by atoms with E-state index in [-0.39, 0.29) is 5.13 Å². The Bertz CT molecular complexity index is 295. The molecule has 0 radical (unpaired) electrons. The van der Waals surface area contributed by atoms with Gasteiger partial charge in [0.25, 0.3) is 0 Å². The first-order valence-electron chi connectivity index (χ1n) is 4.04. The molecule has 1 N–H and O–H groups in total. The number of alkyl halides is 3. The third-order valence-corrected chi connectivity index (χ3v) is 2.01. The van der Waals surface area contributed by atoms with E-state index in [2.05, 4.69) is 14.7 Å². The summed E-state index contributed by atoms with van der Waals surface area (Å²) in [6, 6.07) is 0. The predicted octanol–water partition coefficient (Wildman–Crippen LogP) is 2.62. The average molecular weight is 225 g/mol. The smallest absolute Gasteiger partial charge is 0.360 e. The van der Waals surface area contributed by atoms with Crippen LogP contribution in [0.25, 0.3) is 0 Å². The van der Waals surface area contributed by atoms with E-state index in [1.165, 1.54) is 0 Å². The van der Waals surface area contributed by atoms with Crippen LogP contribution in [-0.4, -0.2) is 15.9 Å². The fourth-order valence-corrected chi connectivity index (χ4v) is 1.29. The van der Waals surface area contributed by atoms with Gasteiger partial charge in [0, 0.05) is 18.1 Å². The largest absolute Gasteiger partial charge is 0.452 e. The number of hydrogen-bond acceptors (Lipinski definition) is 4. The molecule has 14 heavy (non-hydrogen) atoms. The number of nitrogens with one attached hydrogen (secondary N) is 1. The molecule has 0 aliphatic heterocycles. The van der Waals surface area contributed by atoms with Gasteiger partial charge in [0.15, 0.2) is 0 Å². The topological polar surface area (TPSA) is 37.8 Å². The lowest BCUT2D eigenvalue weighted by atomic mass is 10.2. The summed E-state index contributed by atoms with van der Waals surface area (Å²) in [5, 5.41) is 3.00. The van der Waals surface area contributed by atoms with Gasteiger partial charge in [-0.15, -0.1) is 0 Å². The molecule has 0 aromatic carbocycles. The molecule has 0 unspecified atom stereocenters. The monoisotopic (exact) mass is 225 g/mol. The van der Waals surface area contributed by atoms with Crippen molar-refractivity contribution in [2.24, 2.45) is 5.92 Å². The molecule has 1 heterocycles. The molecule has 0 aliphatic rings. The normalized spacial score (nSPS) is 12.1. The van der Waals surface area contributed by atoms with E-state index >= 15 is 0 Å². The van der Waals surface area contributed by atoms with E-state index in [1.807, 2.05) is 13.8 Å². The Morgan fingerprint density at radius 2 is 2.07 bits per heavy atom. The Hall–Kier alpha value is -0.850. The lowest BCUT2D eigenvalue weighted by molar-refractivity contribution is -0.144. The third-order valence-electron chi connectivity index (χ3n) is 1.34. The summed E-state index contributed by atoms with van der Waals surface area (Å²) >= 11 is 0.726. The van der Waals surface area contributed by atoms with E-state index in [1.54, 1.807) is 0 Å². The standard InChI is InChI=1S/C7H10F3N3S/c1-4(2)3-11-6-12-5(13-14-6)7(8,9)10/h4H,3H2,1-2H3,(H,11,12,13). The van der Waals surface area contributed by atoms with Gasteiger partial charge in [-0.3, -0.25) is 0 Å². The van der Waals surface area contributed by atoms with Gasteiger partial charge in [-0.25, -0.2) is 0 Å². The van der Waals surface area contributed by atoms with Gasteiger partial charge in [0.1, 0.15) is 0 Å². The molecule has 0 fully saturated rings. The first kappa shape index (κ1) is 11.2. The molecule has 3 nitrogen and oxygen atoms in total. The van der Waals surface area contributed by atoms with Gasteiger partial charge >= 0.3 is 6.18 Å². The van der Waals surface area contributed by atoms with E-state index in [4.69, 9.17) is 0 Å². The highest BCUT2D eigenvalue weighted by molar-refractivity contribution is 7.09. The number of hydrogen-bond donors (Lipinski definition) is 1. The lowest BCUT2D eigenvalue weighted by Gasteiger charge is -2.04. The minimum absolute atomic E-state index is 0.214. The van der Waals surface area contributed by atoms with Crippen LogP contribution >= 0.6 is 11.5 Å². The molecule has 1 aromatic rings. The fourth-order valence-electron chi connectivity index (χ4n) is 0.702. The lowest BCUT2D eigenvalue weighted by Crippen LogP contribution is -2.10. The van der Waals surface area contributed by atoms with Crippen molar-refractivity contribution in [2.45, 2.75) is 20.0 Å². The van der Waals surface area contributed by atoms with Gasteiger partial charge in [0.2, 0.25) is 11.0 Å². The summed E-state index contributed by atoms with van der Waals surface area (Å²) in [6.07, 6.45) is -4.45. The molecule has 1 aromatic heterocycles. The molecule has 0 amide bonds. The zero-order valence-corrected chi connectivity index (χ0v) is 8.54. The zero-order chi connectivity index (χ0) is 10.8. The molecular formula is C7H10F3N3S. The first-order valence-corrected chi connectivity index (χ1v) is 4.81. The first-order chi connectivity index (χ1) is 6.39. The van der Waals surface area contributed by atoms with Gasteiger partial charge in [-0.1, -0.05) is 13.8 Å². The highest BCUT2D eigenvalue weighted by Crippen LogP contribution is 2.28. The molecule has 80 valence electrons. The summed E-state index contributed by atoms with van der Waals surface area (Å²) < 4.78 is 39.4. The quantitative estimate of drug-likeness (QED) is 0.859. The Labute approximate surface area is 83.5 Å². The van der Waals surface area contributed by atoms with Crippen molar-refractivity contribution in [1.29, 1.82) is 0 Å². The van der Waals surface area contributed by atoms with Crippen molar-refractivity contribution in [2.75, 3.05) is 11.9 Å². The number of aromatic nitrogens is 2. The van der Waals surface area contributed by atoms with Crippen molar-refractivity contribution in [3.05, 3.63) is 5.82 Å². The van der Waals surface area contributed by atoms with Gasteiger partial charge in [-0.2, -0.15) is 22.5 Å². The van der Waals surface area contributed by atoms with E-state index < -0.39 is 12.0 Å². The van der Waals surface area contributed by atoms with Crippen LogP contribution in [0.3, 0.4) is 0 Å². The van der Waals surface area contributed by atoms with E-state index in [9.17, 15) is 13.2 Å². The summed E-state index contributed by atoms with van der Waals surface area (Å²) in [5.74, 6) is -0.720. The van der Waals surface area contributed by atoms with Gasteiger partial charge < -0.3 is 5.32 Å². The minimum atomic E-state index is -4.45. The molecule has 0 bridgehead atoms. The minimum Gasteiger partial charge on any atom is -0.360 e. The summed E-state index contributed by atoms with van der Waals surface area (Å²) in [7, 11) is 0. The molecule has 0 atom stereocenters. The van der Waals surface area contributed by atoms with Crippen LogP contribution in [0.15, 0.2) is 0 Å². The zero-order valence-electron chi connectivity index (χ0n) is 7.72. The predicted molar refractivity (Wildman–Crippen MR) is 48.2 cm³/mol. The summed E-state index contributed by atoms with van der Waals surface area (Å²) in [4.78, 5) is 3.32. The SMILES string of the molecule is CC(C)CNc1nc(C(F)(F)F)ns1. The highest BCUT2D eigenvalue weighted by Gasteiger charge is 2.36. The number of rotatable bonds is 3. The molecular weight excluding hydrogens is 215 g/mol. The Morgan fingerprint density at radius 1 is 1.43 bits per heavy atom. The third kappa shape index (κ3) is 3.13. The van der Waals surface area contributed by atoms with Crippen molar-refractivity contribution < 1.29 is 13.2 Å². The number of nitrogens with zero attached hydrogens (tertiary/aromatic N) is 2.